The predicted molar refractivity (Wildman–Crippen MR) is 218 cm³/mol. The molecule has 2 nitrogen and oxygen atoms in total. The van der Waals surface area contributed by atoms with Crippen LogP contribution in [0.5, 0.6) is 0 Å². The third kappa shape index (κ3) is 7.61. The maximum absolute atomic E-state index is 5.47. The van der Waals surface area contributed by atoms with E-state index in [4.69, 9.17) is 9.98 Å². The highest BCUT2D eigenvalue weighted by atomic mass is 14.8. The Morgan fingerprint density at radius 2 is 0.520 bits per heavy atom. The first-order valence-electron chi connectivity index (χ1n) is 17.6. The van der Waals surface area contributed by atoms with Crippen LogP contribution in [0.15, 0.2) is 119 Å². The number of hydrogen-bond acceptors (Lipinski definition) is 2. The highest BCUT2D eigenvalue weighted by Crippen LogP contribution is 2.42. The normalized spacial score (nSPS) is 12.0. The Kier molecular flexibility index (Phi) is 9.84. The average molecular weight is 653 g/mol. The van der Waals surface area contributed by atoms with Crippen LogP contribution in [0, 0.1) is 55.4 Å². The van der Waals surface area contributed by atoms with Crippen molar-refractivity contribution >= 4 is 22.8 Å². The highest BCUT2D eigenvalue weighted by Gasteiger charge is 2.17. The summed E-state index contributed by atoms with van der Waals surface area (Å²) in [6.45, 7) is 21.5. The van der Waals surface area contributed by atoms with Gasteiger partial charge in [-0.15, -0.1) is 0 Å². The van der Waals surface area contributed by atoms with Gasteiger partial charge in [-0.3, -0.25) is 9.98 Å². The fraction of sp³-hybridized carbons (Fsp3) is 0.208. The van der Waals surface area contributed by atoms with Gasteiger partial charge in [-0.25, -0.2) is 0 Å². The molecule has 0 fully saturated rings. The average Bonchev–Trinajstić information content (AvgIpc) is 3.03. The zero-order chi connectivity index (χ0) is 35.7. The van der Waals surface area contributed by atoms with Crippen LogP contribution in [0.25, 0.3) is 44.5 Å². The number of rotatable bonds is 7. The van der Waals surface area contributed by atoms with E-state index in [1.165, 1.54) is 66.8 Å². The topological polar surface area (TPSA) is 24.7 Å². The van der Waals surface area contributed by atoms with Crippen molar-refractivity contribution < 1.29 is 0 Å². The summed E-state index contributed by atoms with van der Waals surface area (Å²) < 4.78 is 0. The molecule has 250 valence electrons. The first kappa shape index (κ1) is 34.5. The van der Waals surface area contributed by atoms with Gasteiger partial charge in [0.1, 0.15) is 0 Å². The molecule has 6 rings (SSSR count). The molecule has 50 heavy (non-hydrogen) atoms. The van der Waals surface area contributed by atoms with E-state index in [1.54, 1.807) is 0 Å². The van der Waals surface area contributed by atoms with Gasteiger partial charge in [0, 0.05) is 22.3 Å². The lowest BCUT2D eigenvalue weighted by Crippen LogP contribution is -2.05. The first-order valence-corrected chi connectivity index (χ1v) is 17.6. The van der Waals surface area contributed by atoms with Gasteiger partial charge in [0.2, 0.25) is 0 Å². The summed E-state index contributed by atoms with van der Waals surface area (Å²) in [5.41, 5.74) is 22.8. The van der Waals surface area contributed by atoms with Crippen molar-refractivity contribution in [1.29, 1.82) is 0 Å². The van der Waals surface area contributed by atoms with E-state index in [-0.39, 0.29) is 0 Å². The molecule has 0 aromatic heterocycles. The molecule has 0 unspecified atom stereocenters. The van der Waals surface area contributed by atoms with E-state index < -0.39 is 0 Å². The first-order chi connectivity index (χ1) is 23.8. The minimum atomic E-state index is 0.883. The van der Waals surface area contributed by atoms with Gasteiger partial charge in [0.05, 0.1) is 22.8 Å². The van der Waals surface area contributed by atoms with Crippen molar-refractivity contribution in [3.63, 3.8) is 0 Å². The number of nitrogens with zero attached hydrogens (tertiary/aromatic N) is 2. The van der Waals surface area contributed by atoms with Gasteiger partial charge in [0.25, 0.3) is 0 Å². The Bertz CT molecular complexity index is 1930. The van der Waals surface area contributed by atoms with E-state index in [1.807, 2.05) is 0 Å². The lowest BCUT2D eigenvalue weighted by atomic mass is 9.92. The van der Waals surface area contributed by atoms with E-state index in [2.05, 4.69) is 178 Å². The molecule has 0 heterocycles. The summed E-state index contributed by atoms with van der Waals surface area (Å²) in [6, 6.07) is 40.1. The van der Waals surface area contributed by atoms with Crippen molar-refractivity contribution in [3.05, 3.63) is 154 Å². The van der Waals surface area contributed by atoms with Crippen molar-refractivity contribution in [2.75, 3.05) is 0 Å². The maximum atomic E-state index is 5.47. The lowest BCUT2D eigenvalue weighted by molar-refractivity contribution is 1.36. The summed E-state index contributed by atoms with van der Waals surface area (Å²) in [5, 5.41) is 0. The number of para-hydroxylation sites is 2. The summed E-state index contributed by atoms with van der Waals surface area (Å²) in [7, 11) is 0. The standard InChI is InChI=1S/C48H48N2/c1-29-17-30(2)22-39(21-29)43-13-11-14-44(40-23-31(3)18-32(4)24-40)47(43)49-37(9)38(10)50-48-45(41-25-33(5)19-34(6)26-41)15-12-16-46(48)42-27-35(7)20-36(8)28-42/h11-28H,1-10H3. The second kappa shape index (κ2) is 14.3. The Morgan fingerprint density at radius 3 is 0.720 bits per heavy atom. The molecule has 0 spiro atoms. The van der Waals surface area contributed by atoms with Crippen molar-refractivity contribution in [2.24, 2.45) is 9.98 Å². The molecule has 0 N–H and O–H groups in total. The second-order valence-corrected chi connectivity index (χ2v) is 14.3. The third-order valence-corrected chi connectivity index (χ3v) is 9.29. The van der Waals surface area contributed by atoms with Crippen LogP contribution in [0.1, 0.15) is 58.4 Å². The van der Waals surface area contributed by atoms with E-state index >= 15 is 0 Å². The molecule has 2 heteroatoms. The molecule has 0 aliphatic heterocycles. The molecular weight excluding hydrogens is 605 g/mol. The highest BCUT2D eigenvalue weighted by molar-refractivity contribution is 6.42. The smallest absolute Gasteiger partial charge is 0.0790 e. The fourth-order valence-electron chi connectivity index (χ4n) is 7.28. The van der Waals surface area contributed by atoms with Gasteiger partial charge >= 0.3 is 0 Å². The summed E-state index contributed by atoms with van der Waals surface area (Å²) in [4.78, 5) is 10.9. The van der Waals surface area contributed by atoms with E-state index in [9.17, 15) is 0 Å². The molecule has 0 bridgehead atoms. The van der Waals surface area contributed by atoms with Gasteiger partial charge < -0.3 is 0 Å². The fourth-order valence-corrected chi connectivity index (χ4v) is 7.28. The molecule has 0 saturated heterocycles. The molecule has 6 aromatic carbocycles. The molecule has 0 aliphatic carbocycles. The Labute approximate surface area is 299 Å². The van der Waals surface area contributed by atoms with Crippen LogP contribution in [0.3, 0.4) is 0 Å². The quantitative estimate of drug-likeness (QED) is 0.153. The number of aryl methyl sites for hydroxylation is 8. The van der Waals surface area contributed by atoms with E-state index in [0.29, 0.717) is 0 Å². The molecular formula is C48H48N2. The number of hydrogen-bond donors (Lipinski definition) is 0. The third-order valence-electron chi connectivity index (χ3n) is 9.29. The van der Waals surface area contributed by atoms with E-state index in [0.717, 1.165) is 45.1 Å². The van der Waals surface area contributed by atoms with Crippen molar-refractivity contribution in [1.82, 2.24) is 0 Å². The molecule has 0 aliphatic rings. The molecule has 0 amide bonds. The van der Waals surface area contributed by atoms with Crippen LogP contribution < -0.4 is 0 Å². The van der Waals surface area contributed by atoms with Crippen LogP contribution in [-0.4, -0.2) is 11.4 Å². The molecule has 6 aromatic rings. The minimum absolute atomic E-state index is 0.883. The van der Waals surface area contributed by atoms with Crippen LogP contribution in [-0.2, 0) is 0 Å². The summed E-state index contributed by atoms with van der Waals surface area (Å²) in [6.07, 6.45) is 0. The van der Waals surface area contributed by atoms with Crippen LogP contribution in [0.4, 0.5) is 11.4 Å². The van der Waals surface area contributed by atoms with Crippen LogP contribution in [0.2, 0.25) is 0 Å². The zero-order valence-electron chi connectivity index (χ0n) is 31.3. The second-order valence-electron chi connectivity index (χ2n) is 14.3. The zero-order valence-corrected chi connectivity index (χ0v) is 31.3. The van der Waals surface area contributed by atoms with Gasteiger partial charge in [-0.1, -0.05) is 154 Å². The molecule has 0 radical (unpaired) electrons. The number of benzene rings is 6. The Morgan fingerprint density at radius 1 is 0.320 bits per heavy atom. The predicted octanol–water partition coefficient (Wildman–Crippen LogP) is 13.7. The minimum Gasteiger partial charge on any atom is -0.251 e. The summed E-state index contributed by atoms with van der Waals surface area (Å²) >= 11 is 0. The summed E-state index contributed by atoms with van der Waals surface area (Å²) in [5.74, 6) is 0. The van der Waals surface area contributed by atoms with Crippen LogP contribution >= 0.6 is 0 Å². The largest absolute Gasteiger partial charge is 0.251 e. The lowest BCUT2D eigenvalue weighted by Gasteiger charge is -2.17. The number of aliphatic imine (C=N–C) groups is 2. The van der Waals surface area contributed by atoms with Crippen molar-refractivity contribution in [3.8, 4) is 44.5 Å². The SMILES string of the molecule is CC(=Nc1c(-c2cc(C)cc(C)c2)cccc1-c1cc(C)cc(C)c1)C(C)=Nc1c(-c2cc(C)cc(C)c2)cccc1-c1cc(C)cc(C)c1. The van der Waals surface area contributed by atoms with Gasteiger partial charge in [-0.2, -0.15) is 0 Å². The van der Waals surface area contributed by atoms with Gasteiger partial charge in [0.15, 0.2) is 0 Å². The Balaban J connectivity index is 1.59. The maximum Gasteiger partial charge on any atom is 0.0790 e. The monoisotopic (exact) mass is 652 g/mol. The van der Waals surface area contributed by atoms with Gasteiger partial charge in [-0.05, 0) is 91.5 Å². The molecule has 0 atom stereocenters. The van der Waals surface area contributed by atoms with Crippen molar-refractivity contribution in [2.45, 2.75) is 69.2 Å². The Hall–Kier alpha value is -5.34. The molecule has 0 saturated carbocycles.